The number of nitrogens with zero attached hydrogens (tertiary/aromatic N) is 3. The fourth-order valence-corrected chi connectivity index (χ4v) is 4.17. The first kappa shape index (κ1) is 23.9. The average Bonchev–Trinajstić information content (AvgIpc) is 3.39. The van der Waals surface area contributed by atoms with E-state index in [4.69, 9.17) is 0 Å². The number of rotatable bonds is 7. The first-order chi connectivity index (χ1) is 13.7. The van der Waals surface area contributed by atoms with Crippen LogP contribution in [0.2, 0.25) is 0 Å². The van der Waals surface area contributed by atoms with Crippen LogP contribution in [0.15, 0.2) is 35.3 Å². The highest BCUT2D eigenvalue weighted by molar-refractivity contribution is 14.0. The van der Waals surface area contributed by atoms with Crippen LogP contribution in [0, 0.1) is 5.92 Å². The Morgan fingerprint density at radius 3 is 2.69 bits per heavy atom. The molecule has 7 heteroatoms. The van der Waals surface area contributed by atoms with Crippen molar-refractivity contribution in [3.05, 3.63) is 35.9 Å². The Kier molecular flexibility index (Phi) is 10.2. The van der Waals surface area contributed by atoms with Gasteiger partial charge in [-0.1, -0.05) is 37.3 Å². The van der Waals surface area contributed by atoms with E-state index in [2.05, 4.69) is 50.9 Å². The van der Waals surface area contributed by atoms with Gasteiger partial charge in [0.15, 0.2) is 5.96 Å². The molecule has 2 fully saturated rings. The Morgan fingerprint density at radius 2 is 1.97 bits per heavy atom. The smallest absolute Gasteiger partial charge is 0.222 e. The highest BCUT2D eigenvalue weighted by Crippen LogP contribution is 2.16. The number of halogens is 1. The zero-order valence-corrected chi connectivity index (χ0v) is 20.1. The quantitative estimate of drug-likeness (QED) is 0.334. The van der Waals surface area contributed by atoms with Gasteiger partial charge in [-0.05, 0) is 37.3 Å². The van der Waals surface area contributed by atoms with Gasteiger partial charge in [0.25, 0.3) is 0 Å². The predicted octanol–water partition coefficient (Wildman–Crippen LogP) is 2.34. The molecule has 162 valence electrons. The lowest BCUT2D eigenvalue weighted by molar-refractivity contribution is -0.129. The average molecular weight is 513 g/mol. The number of carbonyl (C=O) groups excluding carboxylic acids is 1. The molecule has 0 spiro atoms. The summed E-state index contributed by atoms with van der Waals surface area (Å²) in [7, 11) is 1.82. The van der Waals surface area contributed by atoms with Crippen LogP contribution in [0.3, 0.4) is 0 Å². The minimum absolute atomic E-state index is 0. The Labute approximate surface area is 192 Å². The van der Waals surface area contributed by atoms with Crippen LogP contribution in [0.25, 0.3) is 0 Å². The lowest BCUT2D eigenvalue weighted by atomic mass is 10.1. The van der Waals surface area contributed by atoms with E-state index in [1.807, 2.05) is 18.9 Å². The number of likely N-dealkylation sites (tertiary alicyclic amines) is 2. The lowest BCUT2D eigenvalue weighted by Crippen LogP contribution is -2.46. The molecule has 0 radical (unpaired) electrons. The van der Waals surface area contributed by atoms with E-state index < -0.39 is 0 Å². The van der Waals surface area contributed by atoms with Crippen LogP contribution in [0.5, 0.6) is 0 Å². The minimum atomic E-state index is 0. The highest BCUT2D eigenvalue weighted by Gasteiger charge is 2.26. The largest absolute Gasteiger partial charge is 0.356 e. The van der Waals surface area contributed by atoms with Crippen LogP contribution in [-0.4, -0.2) is 74.0 Å². The molecule has 0 aromatic heterocycles. The fourth-order valence-electron chi connectivity index (χ4n) is 4.17. The van der Waals surface area contributed by atoms with Gasteiger partial charge in [-0.2, -0.15) is 0 Å². The summed E-state index contributed by atoms with van der Waals surface area (Å²) in [6.07, 6.45) is 3.94. The number of amides is 1. The Balaban J connectivity index is 0.00000300. The first-order valence-electron chi connectivity index (χ1n) is 10.7. The standard InChI is InChI=1S/C22H35N5O.HI/c1-3-21(28)27-14-11-20(17-27)25-22(23-2)24-15-19-10-13-26(16-19)12-9-18-7-5-4-6-8-18;/h4-8,19-20H,3,9-17H2,1-2H3,(H2,23,24,25);1H. The van der Waals surface area contributed by atoms with Gasteiger partial charge >= 0.3 is 0 Å². The van der Waals surface area contributed by atoms with Crippen molar-refractivity contribution in [3.63, 3.8) is 0 Å². The van der Waals surface area contributed by atoms with Crippen molar-refractivity contribution >= 4 is 35.8 Å². The van der Waals surface area contributed by atoms with Gasteiger partial charge in [0, 0.05) is 52.2 Å². The summed E-state index contributed by atoms with van der Waals surface area (Å²) in [5.41, 5.74) is 1.42. The number of hydrogen-bond donors (Lipinski definition) is 2. The summed E-state index contributed by atoms with van der Waals surface area (Å²) in [5, 5.41) is 6.99. The number of hydrogen-bond acceptors (Lipinski definition) is 3. The molecule has 1 aromatic carbocycles. The number of nitrogens with one attached hydrogen (secondary N) is 2. The van der Waals surface area contributed by atoms with Gasteiger partial charge < -0.3 is 20.4 Å². The van der Waals surface area contributed by atoms with E-state index in [0.29, 0.717) is 18.4 Å². The summed E-state index contributed by atoms with van der Waals surface area (Å²) in [6, 6.07) is 11.0. The van der Waals surface area contributed by atoms with Crippen molar-refractivity contribution in [1.29, 1.82) is 0 Å². The van der Waals surface area contributed by atoms with E-state index >= 15 is 0 Å². The summed E-state index contributed by atoms with van der Waals surface area (Å²) in [6.45, 7) is 7.97. The molecule has 2 aliphatic rings. The molecular formula is C22H36IN5O. The molecule has 1 aromatic rings. The maximum atomic E-state index is 11.8. The van der Waals surface area contributed by atoms with E-state index in [0.717, 1.165) is 51.5 Å². The maximum absolute atomic E-state index is 11.8. The van der Waals surface area contributed by atoms with E-state index in [1.54, 1.807) is 0 Å². The zero-order chi connectivity index (χ0) is 19.8. The molecule has 29 heavy (non-hydrogen) atoms. The molecule has 6 nitrogen and oxygen atoms in total. The molecule has 2 heterocycles. The normalized spacial score (nSPS) is 22.4. The number of aliphatic imine (C=N–C) groups is 1. The zero-order valence-electron chi connectivity index (χ0n) is 17.8. The number of carbonyl (C=O) groups is 1. The minimum Gasteiger partial charge on any atom is -0.356 e. The molecule has 3 rings (SSSR count). The maximum Gasteiger partial charge on any atom is 0.222 e. The van der Waals surface area contributed by atoms with E-state index in [-0.39, 0.29) is 29.9 Å². The molecular weight excluding hydrogens is 477 g/mol. The molecule has 2 unspecified atom stereocenters. The second-order valence-corrected chi connectivity index (χ2v) is 7.97. The topological polar surface area (TPSA) is 60.0 Å². The van der Waals surface area contributed by atoms with Crippen LogP contribution in [0.4, 0.5) is 0 Å². The molecule has 1 amide bonds. The molecule has 2 atom stereocenters. The lowest BCUT2D eigenvalue weighted by Gasteiger charge is -2.20. The van der Waals surface area contributed by atoms with Crippen LogP contribution in [-0.2, 0) is 11.2 Å². The van der Waals surface area contributed by atoms with Gasteiger partial charge in [0.05, 0.1) is 0 Å². The summed E-state index contributed by atoms with van der Waals surface area (Å²) in [5.74, 6) is 1.77. The van der Waals surface area contributed by atoms with Crippen molar-refractivity contribution < 1.29 is 4.79 Å². The van der Waals surface area contributed by atoms with Crippen molar-refractivity contribution in [2.45, 2.75) is 38.6 Å². The van der Waals surface area contributed by atoms with Crippen LogP contribution >= 0.6 is 24.0 Å². The number of guanidine groups is 1. The van der Waals surface area contributed by atoms with Gasteiger partial charge in [-0.3, -0.25) is 9.79 Å². The van der Waals surface area contributed by atoms with Crippen molar-refractivity contribution in [2.75, 3.05) is 46.3 Å². The van der Waals surface area contributed by atoms with Crippen molar-refractivity contribution in [1.82, 2.24) is 20.4 Å². The van der Waals surface area contributed by atoms with E-state index in [1.165, 1.54) is 18.5 Å². The van der Waals surface area contributed by atoms with Gasteiger partial charge in [0.1, 0.15) is 0 Å². The van der Waals surface area contributed by atoms with Crippen LogP contribution < -0.4 is 10.6 Å². The summed E-state index contributed by atoms with van der Waals surface area (Å²) < 4.78 is 0. The summed E-state index contributed by atoms with van der Waals surface area (Å²) in [4.78, 5) is 20.7. The predicted molar refractivity (Wildman–Crippen MR) is 130 cm³/mol. The van der Waals surface area contributed by atoms with Crippen LogP contribution in [0.1, 0.15) is 31.7 Å². The molecule has 0 aliphatic carbocycles. The SMILES string of the molecule is CCC(=O)N1CCC(NC(=NC)NCC2CCN(CCc3ccccc3)C2)C1.I. The molecule has 2 saturated heterocycles. The first-order valence-corrected chi connectivity index (χ1v) is 10.7. The monoisotopic (exact) mass is 513 g/mol. The third-order valence-corrected chi connectivity index (χ3v) is 5.90. The second-order valence-electron chi connectivity index (χ2n) is 7.97. The van der Waals surface area contributed by atoms with Gasteiger partial charge in [-0.15, -0.1) is 24.0 Å². The third kappa shape index (κ3) is 7.44. The van der Waals surface area contributed by atoms with Crippen molar-refractivity contribution in [2.24, 2.45) is 10.9 Å². The van der Waals surface area contributed by atoms with Gasteiger partial charge in [-0.25, -0.2) is 0 Å². The Morgan fingerprint density at radius 1 is 1.17 bits per heavy atom. The molecule has 2 N–H and O–H groups in total. The van der Waals surface area contributed by atoms with Gasteiger partial charge in [0.2, 0.25) is 5.91 Å². The fraction of sp³-hybridized carbons (Fsp3) is 0.636. The Bertz CT molecular complexity index is 654. The molecule has 2 aliphatic heterocycles. The van der Waals surface area contributed by atoms with Crippen molar-refractivity contribution in [3.8, 4) is 0 Å². The summed E-state index contributed by atoms with van der Waals surface area (Å²) >= 11 is 0. The van der Waals surface area contributed by atoms with E-state index in [9.17, 15) is 4.79 Å². The highest BCUT2D eigenvalue weighted by atomic mass is 127. The third-order valence-electron chi connectivity index (χ3n) is 5.90. The Hall–Kier alpha value is -1.35. The molecule has 0 saturated carbocycles. The molecule has 0 bridgehead atoms. The number of benzene rings is 1. The second kappa shape index (κ2) is 12.4.